The Morgan fingerprint density at radius 3 is 2.97 bits per heavy atom. The highest BCUT2D eigenvalue weighted by molar-refractivity contribution is 5.76. The number of piperidine rings is 1. The average molecular weight is 422 g/mol. The van der Waals surface area contributed by atoms with Gasteiger partial charge in [0.05, 0.1) is 12.8 Å². The first-order chi connectivity index (χ1) is 15.1. The average Bonchev–Trinajstić information content (AvgIpc) is 3.30. The molecule has 162 valence electrons. The molecule has 1 atom stereocenters. The molecule has 4 rings (SSSR count). The number of rotatable bonds is 7. The van der Waals surface area contributed by atoms with E-state index in [4.69, 9.17) is 9.15 Å². The third-order valence-electron chi connectivity index (χ3n) is 5.68. The molecular formula is C23H27N5O3. The minimum Gasteiger partial charge on any atom is -0.493 e. The van der Waals surface area contributed by atoms with Crippen molar-refractivity contribution in [3.8, 4) is 17.3 Å². The number of hydrogen-bond donors (Lipinski definition) is 0. The van der Waals surface area contributed by atoms with Crippen LogP contribution < -0.4 is 4.74 Å². The second-order valence-electron chi connectivity index (χ2n) is 7.78. The van der Waals surface area contributed by atoms with Crippen LogP contribution in [0.5, 0.6) is 5.75 Å². The minimum atomic E-state index is -0.195. The molecule has 0 radical (unpaired) electrons. The molecule has 8 nitrogen and oxygen atoms in total. The van der Waals surface area contributed by atoms with Gasteiger partial charge in [-0.1, -0.05) is 12.1 Å². The molecule has 0 spiro atoms. The van der Waals surface area contributed by atoms with Crippen LogP contribution in [0.25, 0.3) is 11.6 Å². The van der Waals surface area contributed by atoms with Gasteiger partial charge in [-0.25, -0.2) is 4.98 Å². The Bertz CT molecular complexity index is 1020. The van der Waals surface area contributed by atoms with Crippen LogP contribution >= 0.6 is 0 Å². The van der Waals surface area contributed by atoms with E-state index < -0.39 is 0 Å². The van der Waals surface area contributed by atoms with Crippen molar-refractivity contribution >= 4 is 5.91 Å². The fourth-order valence-electron chi connectivity index (χ4n) is 3.80. The second kappa shape index (κ2) is 9.68. The van der Waals surface area contributed by atoms with Crippen molar-refractivity contribution in [3.05, 3.63) is 53.8 Å². The van der Waals surface area contributed by atoms with E-state index in [0.29, 0.717) is 43.5 Å². The lowest BCUT2D eigenvalue weighted by Gasteiger charge is -2.33. The van der Waals surface area contributed by atoms with Crippen LogP contribution in [-0.4, -0.2) is 44.1 Å². The summed E-state index contributed by atoms with van der Waals surface area (Å²) in [6.07, 6.45) is 8.64. The molecule has 1 aliphatic rings. The number of carbonyl (C=O) groups is 1. The summed E-state index contributed by atoms with van der Waals surface area (Å²) in [5, 5.41) is 8.30. The SMILES string of the molecule is Cc1cccc(OCCCC(=O)N2CCCCC2c2nnc(-c3cnccn3)o2)c1C. The van der Waals surface area contributed by atoms with Crippen LogP contribution in [0.3, 0.4) is 0 Å². The topological polar surface area (TPSA) is 94.2 Å². The molecule has 0 saturated carbocycles. The lowest BCUT2D eigenvalue weighted by Crippen LogP contribution is -2.38. The zero-order valence-corrected chi connectivity index (χ0v) is 18.0. The largest absolute Gasteiger partial charge is 0.493 e. The summed E-state index contributed by atoms with van der Waals surface area (Å²) in [6, 6.07) is 5.82. The first kappa shape index (κ1) is 21.0. The second-order valence-corrected chi connectivity index (χ2v) is 7.78. The number of benzene rings is 1. The van der Waals surface area contributed by atoms with Crippen molar-refractivity contribution in [1.82, 2.24) is 25.1 Å². The van der Waals surface area contributed by atoms with E-state index in [0.717, 1.165) is 30.6 Å². The van der Waals surface area contributed by atoms with E-state index in [-0.39, 0.29) is 11.9 Å². The van der Waals surface area contributed by atoms with Gasteiger partial charge in [0.1, 0.15) is 17.5 Å². The summed E-state index contributed by atoms with van der Waals surface area (Å²) >= 11 is 0. The van der Waals surface area contributed by atoms with Gasteiger partial charge < -0.3 is 14.1 Å². The molecule has 31 heavy (non-hydrogen) atoms. The normalized spacial score (nSPS) is 16.3. The molecule has 0 N–H and O–H groups in total. The summed E-state index contributed by atoms with van der Waals surface area (Å²) in [4.78, 5) is 23.0. The minimum absolute atomic E-state index is 0.0912. The molecule has 1 aromatic carbocycles. The molecule has 3 heterocycles. The van der Waals surface area contributed by atoms with E-state index in [9.17, 15) is 4.79 Å². The molecule has 0 aliphatic carbocycles. The molecule has 1 amide bonds. The number of likely N-dealkylation sites (tertiary alicyclic amines) is 1. The Kier molecular flexibility index (Phi) is 6.54. The van der Waals surface area contributed by atoms with E-state index in [1.54, 1.807) is 18.6 Å². The number of hydrogen-bond acceptors (Lipinski definition) is 7. The van der Waals surface area contributed by atoms with Crippen LogP contribution in [-0.2, 0) is 4.79 Å². The van der Waals surface area contributed by atoms with Gasteiger partial charge in [-0.05, 0) is 56.7 Å². The maximum atomic E-state index is 12.9. The van der Waals surface area contributed by atoms with Gasteiger partial charge in [-0.2, -0.15) is 0 Å². The summed E-state index contributed by atoms with van der Waals surface area (Å²) in [5.41, 5.74) is 2.86. The monoisotopic (exact) mass is 421 g/mol. The van der Waals surface area contributed by atoms with Gasteiger partial charge in [0.25, 0.3) is 5.89 Å². The van der Waals surface area contributed by atoms with Crippen molar-refractivity contribution in [2.24, 2.45) is 0 Å². The number of aromatic nitrogens is 4. The van der Waals surface area contributed by atoms with Crippen molar-refractivity contribution in [3.63, 3.8) is 0 Å². The maximum absolute atomic E-state index is 12.9. The molecule has 1 saturated heterocycles. The highest BCUT2D eigenvalue weighted by Gasteiger charge is 2.31. The Balaban J connectivity index is 1.35. The van der Waals surface area contributed by atoms with Crippen LogP contribution in [0.4, 0.5) is 0 Å². The molecule has 2 aromatic heterocycles. The lowest BCUT2D eigenvalue weighted by molar-refractivity contribution is -0.135. The highest BCUT2D eigenvalue weighted by atomic mass is 16.5. The first-order valence-corrected chi connectivity index (χ1v) is 10.7. The molecule has 3 aromatic rings. The van der Waals surface area contributed by atoms with Gasteiger partial charge in [-0.15, -0.1) is 10.2 Å². The Morgan fingerprint density at radius 2 is 2.13 bits per heavy atom. The smallest absolute Gasteiger partial charge is 0.267 e. The van der Waals surface area contributed by atoms with Crippen LogP contribution in [0, 0.1) is 13.8 Å². The summed E-state index contributed by atoms with van der Waals surface area (Å²) < 4.78 is 11.7. The molecule has 8 heteroatoms. The Labute approximate surface area is 181 Å². The molecule has 1 fully saturated rings. The van der Waals surface area contributed by atoms with Crippen LogP contribution in [0.15, 0.2) is 41.2 Å². The molecule has 1 unspecified atom stereocenters. The quantitative estimate of drug-likeness (QED) is 0.531. The van der Waals surface area contributed by atoms with Gasteiger partial charge in [0.2, 0.25) is 11.8 Å². The first-order valence-electron chi connectivity index (χ1n) is 10.7. The van der Waals surface area contributed by atoms with Crippen molar-refractivity contribution < 1.29 is 13.9 Å². The van der Waals surface area contributed by atoms with E-state index in [1.165, 1.54) is 5.56 Å². The predicted octanol–water partition coefficient (Wildman–Crippen LogP) is 4.06. The Hall–Kier alpha value is -3.29. The number of aryl methyl sites for hydroxylation is 1. The number of nitrogens with zero attached hydrogens (tertiary/aromatic N) is 5. The fraction of sp³-hybridized carbons (Fsp3) is 0.435. The van der Waals surface area contributed by atoms with Gasteiger partial charge in [-0.3, -0.25) is 9.78 Å². The van der Waals surface area contributed by atoms with Gasteiger partial charge in [0, 0.05) is 25.4 Å². The third-order valence-corrected chi connectivity index (χ3v) is 5.68. The highest BCUT2D eigenvalue weighted by Crippen LogP contribution is 2.32. The predicted molar refractivity (Wildman–Crippen MR) is 114 cm³/mol. The fourth-order valence-corrected chi connectivity index (χ4v) is 3.80. The van der Waals surface area contributed by atoms with Gasteiger partial charge in [0.15, 0.2) is 0 Å². The van der Waals surface area contributed by atoms with Crippen molar-refractivity contribution in [2.75, 3.05) is 13.2 Å². The Morgan fingerprint density at radius 1 is 1.23 bits per heavy atom. The van der Waals surface area contributed by atoms with Crippen LogP contribution in [0.1, 0.15) is 55.2 Å². The van der Waals surface area contributed by atoms with E-state index in [2.05, 4.69) is 33.2 Å². The molecule has 0 bridgehead atoms. The standard InChI is InChI=1S/C23H27N5O3/c1-16-7-5-9-20(17(16)2)30-14-6-10-21(29)28-13-4-3-8-19(28)23-27-26-22(31-23)18-15-24-11-12-25-18/h5,7,9,11-12,15,19H,3-4,6,8,10,13-14H2,1-2H3. The van der Waals surface area contributed by atoms with Crippen molar-refractivity contribution in [2.45, 2.75) is 52.0 Å². The number of amides is 1. The lowest BCUT2D eigenvalue weighted by atomic mass is 10.0. The zero-order valence-electron chi connectivity index (χ0n) is 18.0. The van der Waals surface area contributed by atoms with Gasteiger partial charge >= 0.3 is 0 Å². The number of ether oxygens (including phenoxy) is 1. The summed E-state index contributed by atoms with van der Waals surface area (Å²) in [7, 11) is 0. The molecular weight excluding hydrogens is 394 g/mol. The summed E-state index contributed by atoms with van der Waals surface area (Å²) in [6.45, 7) is 5.32. The number of carbonyl (C=O) groups excluding carboxylic acids is 1. The molecule has 1 aliphatic heterocycles. The zero-order chi connectivity index (χ0) is 21.6. The maximum Gasteiger partial charge on any atom is 0.267 e. The van der Waals surface area contributed by atoms with E-state index in [1.807, 2.05) is 24.0 Å². The van der Waals surface area contributed by atoms with Crippen molar-refractivity contribution in [1.29, 1.82) is 0 Å². The van der Waals surface area contributed by atoms with E-state index >= 15 is 0 Å². The third kappa shape index (κ3) is 4.90. The summed E-state index contributed by atoms with van der Waals surface area (Å²) in [5.74, 6) is 1.75. The van der Waals surface area contributed by atoms with Crippen LogP contribution in [0.2, 0.25) is 0 Å².